The van der Waals surface area contributed by atoms with Crippen LogP contribution in [0.2, 0.25) is 10.0 Å². The molecule has 0 atom stereocenters. The summed E-state index contributed by atoms with van der Waals surface area (Å²) < 4.78 is 0. The molecular weight excluding hydrogens is 363 g/mol. The van der Waals surface area contributed by atoms with Crippen LogP contribution in [0.5, 0.6) is 0 Å². The normalized spacial score (nSPS) is 10.7. The summed E-state index contributed by atoms with van der Waals surface area (Å²) in [5, 5.41) is 3.50. The van der Waals surface area contributed by atoms with Crippen molar-refractivity contribution in [3.8, 4) is 11.3 Å². The van der Waals surface area contributed by atoms with Crippen molar-refractivity contribution in [2.24, 2.45) is 0 Å². The lowest BCUT2D eigenvalue weighted by atomic mass is 10.2. The largest absolute Gasteiger partial charge is 0.274 e. The molecule has 6 heteroatoms. The highest BCUT2D eigenvalue weighted by atomic mass is 35.5. The average Bonchev–Trinajstić information content (AvgIpc) is 3.01. The summed E-state index contributed by atoms with van der Waals surface area (Å²) in [5.74, 6) is -0.0890. The van der Waals surface area contributed by atoms with Crippen molar-refractivity contribution in [1.82, 2.24) is 4.98 Å². The van der Waals surface area contributed by atoms with E-state index in [1.54, 1.807) is 17.0 Å². The first-order chi connectivity index (χ1) is 11.5. The number of hydrogen-bond donors (Lipinski definition) is 0. The van der Waals surface area contributed by atoms with Gasteiger partial charge in [0, 0.05) is 17.9 Å². The van der Waals surface area contributed by atoms with Gasteiger partial charge in [-0.05, 0) is 31.2 Å². The standard InChI is InChI=1S/C18H14Cl2N2OS/c1-11-3-6-14(7-4-11)22(12(2)23)18-21-17(10-24-18)13-5-8-15(19)16(20)9-13/h3-10H,1-2H3. The van der Waals surface area contributed by atoms with E-state index in [9.17, 15) is 4.79 Å². The van der Waals surface area contributed by atoms with Gasteiger partial charge in [0.1, 0.15) is 0 Å². The zero-order valence-corrected chi connectivity index (χ0v) is 15.4. The minimum atomic E-state index is -0.0890. The van der Waals surface area contributed by atoms with Crippen LogP contribution in [0.1, 0.15) is 12.5 Å². The third-order valence-corrected chi connectivity index (χ3v) is 5.07. The molecule has 0 radical (unpaired) electrons. The van der Waals surface area contributed by atoms with Crippen molar-refractivity contribution in [3.05, 3.63) is 63.5 Å². The number of thiazole rings is 1. The summed E-state index contributed by atoms with van der Waals surface area (Å²) in [6, 6.07) is 13.1. The lowest BCUT2D eigenvalue weighted by Crippen LogP contribution is -2.22. The predicted octanol–water partition coefficient (Wildman–Crippen LogP) is 6.11. The maximum Gasteiger partial charge on any atom is 0.230 e. The first kappa shape index (κ1) is 17.0. The quantitative estimate of drug-likeness (QED) is 0.552. The third-order valence-electron chi connectivity index (χ3n) is 3.51. The van der Waals surface area contributed by atoms with E-state index in [4.69, 9.17) is 23.2 Å². The molecule has 0 saturated carbocycles. The summed E-state index contributed by atoms with van der Waals surface area (Å²) in [6.45, 7) is 3.54. The molecular formula is C18H14Cl2N2OS. The highest BCUT2D eigenvalue weighted by Crippen LogP contribution is 2.34. The van der Waals surface area contributed by atoms with Gasteiger partial charge in [-0.1, -0.05) is 47.0 Å². The van der Waals surface area contributed by atoms with Gasteiger partial charge in [0.05, 0.1) is 21.4 Å². The molecule has 2 aromatic carbocycles. The van der Waals surface area contributed by atoms with Crippen molar-refractivity contribution in [2.45, 2.75) is 13.8 Å². The van der Waals surface area contributed by atoms with E-state index in [0.29, 0.717) is 15.2 Å². The molecule has 0 saturated heterocycles. The van der Waals surface area contributed by atoms with Gasteiger partial charge in [-0.2, -0.15) is 0 Å². The van der Waals surface area contributed by atoms with Crippen molar-refractivity contribution >= 4 is 51.3 Å². The number of benzene rings is 2. The number of aromatic nitrogens is 1. The minimum absolute atomic E-state index is 0.0890. The third kappa shape index (κ3) is 3.46. The van der Waals surface area contributed by atoms with Gasteiger partial charge in [-0.25, -0.2) is 4.98 Å². The van der Waals surface area contributed by atoms with Gasteiger partial charge in [0.15, 0.2) is 5.13 Å². The monoisotopic (exact) mass is 376 g/mol. The highest BCUT2D eigenvalue weighted by molar-refractivity contribution is 7.14. The Morgan fingerprint density at radius 3 is 2.42 bits per heavy atom. The van der Waals surface area contributed by atoms with Crippen LogP contribution in [-0.2, 0) is 4.79 Å². The fourth-order valence-electron chi connectivity index (χ4n) is 2.28. The van der Waals surface area contributed by atoms with Gasteiger partial charge in [-0.3, -0.25) is 9.69 Å². The highest BCUT2D eigenvalue weighted by Gasteiger charge is 2.18. The molecule has 3 nitrogen and oxygen atoms in total. The molecule has 1 heterocycles. The number of aryl methyl sites for hydroxylation is 1. The van der Waals surface area contributed by atoms with E-state index in [-0.39, 0.29) is 5.91 Å². The van der Waals surface area contributed by atoms with Gasteiger partial charge < -0.3 is 0 Å². The number of nitrogens with zero attached hydrogens (tertiary/aromatic N) is 2. The molecule has 0 unspecified atom stereocenters. The van der Waals surface area contributed by atoms with Gasteiger partial charge in [-0.15, -0.1) is 11.3 Å². The topological polar surface area (TPSA) is 33.2 Å². The summed E-state index contributed by atoms with van der Waals surface area (Å²) in [5.41, 5.74) is 3.55. The van der Waals surface area contributed by atoms with Crippen molar-refractivity contribution in [2.75, 3.05) is 4.90 Å². The summed E-state index contributed by atoms with van der Waals surface area (Å²) in [7, 11) is 0. The number of anilines is 2. The molecule has 1 aromatic heterocycles. The van der Waals surface area contributed by atoms with Crippen LogP contribution >= 0.6 is 34.5 Å². The number of halogens is 2. The second-order valence-electron chi connectivity index (χ2n) is 5.33. The van der Waals surface area contributed by atoms with Crippen molar-refractivity contribution < 1.29 is 4.79 Å². The molecule has 0 aliphatic carbocycles. The predicted molar refractivity (Wildman–Crippen MR) is 102 cm³/mol. The number of rotatable bonds is 3. The second-order valence-corrected chi connectivity index (χ2v) is 6.99. The van der Waals surface area contributed by atoms with E-state index < -0.39 is 0 Å². The van der Waals surface area contributed by atoms with E-state index in [1.807, 2.05) is 42.6 Å². The first-order valence-electron chi connectivity index (χ1n) is 7.24. The molecule has 3 rings (SSSR count). The number of carbonyl (C=O) groups excluding carboxylic acids is 1. The minimum Gasteiger partial charge on any atom is -0.274 e. The van der Waals surface area contributed by atoms with Crippen LogP contribution in [0.4, 0.5) is 10.8 Å². The maximum absolute atomic E-state index is 12.1. The van der Waals surface area contributed by atoms with Crippen LogP contribution in [0.25, 0.3) is 11.3 Å². The molecule has 0 fully saturated rings. The Bertz CT molecular complexity index is 890. The maximum atomic E-state index is 12.1. The fourth-order valence-corrected chi connectivity index (χ4v) is 3.47. The number of amides is 1. The zero-order chi connectivity index (χ0) is 17.3. The molecule has 0 N–H and O–H groups in total. The molecule has 0 spiro atoms. The van der Waals surface area contributed by atoms with E-state index in [2.05, 4.69) is 4.98 Å². The first-order valence-corrected chi connectivity index (χ1v) is 8.87. The Labute approximate surface area is 154 Å². The lowest BCUT2D eigenvalue weighted by molar-refractivity contribution is -0.115. The molecule has 3 aromatic rings. The molecule has 0 aliphatic heterocycles. The van der Waals surface area contributed by atoms with Crippen LogP contribution in [0.15, 0.2) is 47.8 Å². The molecule has 0 aliphatic rings. The van der Waals surface area contributed by atoms with Gasteiger partial charge in [0.25, 0.3) is 0 Å². The second kappa shape index (κ2) is 6.93. The van der Waals surface area contributed by atoms with E-state index in [1.165, 1.54) is 18.3 Å². The van der Waals surface area contributed by atoms with E-state index >= 15 is 0 Å². The van der Waals surface area contributed by atoms with Gasteiger partial charge in [0.2, 0.25) is 5.91 Å². The molecule has 24 heavy (non-hydrogen) atoms. The van der Waals surface area contributed by atoms with Crippen LogP contribution in [-0.4, -0.2) is 10.9 Å². The van der Waals surface area contributed by atoms with E-state index in [0.717, 1.165) is 22.5 Å². The Kier molecular flexibility index (Phi) is 4.90. The molecule has 1 amide bonds. The molecule has 0 bridgehead atoms. The summed E-state index contributed by atoms with van der Waals surface area (Å²) in [6.07, 6.45) is 0. The fraction of sp³-hybridized carbons (Fsp3) is 0.111. The van der Waals surface area contributed by atoms with Crippen LogP contribution in [0.3, 0.4) is 0 Å². The number of carbonyl (C=O) groups is 1. The zero-order valence-electron chi connectivity index (χ0n) is 13.1. The Balaban J connectivity index is 1.99. The Morgan fingerprint density at radius 2 is 1.79 bits per heavy atom. The summed E-state index contributed by atoms with van der Waals surface area (Å²) >= 11 is 13.4. The van der Waals surface area contributed by atoms with Crippen LogP contribution < -0.4 is 4.90 Å². The lowest BCUT2D eigenvalue weighted by Gasteiger charge is -2.18. The SMILES string of the molecule is CC(=O)N(c1ccc(C)cc1)c1nc(-c2ccc(Cl)c(Cl)c2)cs1. The Morgan fingerprint density at radius 1 is 1.08 bits per heavy atom. The van der Waals surface area contributed by atoms with Crippen LogP contribution in [0, 0.1) is 6.92 Å². The summed E-state index contributed by atoms with van der Waals surface area (Å²) in [4.78, 5) is 18.3. The Hall–Kier alpha value is -1.88. The smallest absolute Gasteiger partial charge is 0.230 e. The molecule has 122 valence electrons. The van der Waals surface area contributed by atoms with Gasteiger partial charge >= 0.3 is 0 Å². The number of hydrogen-bond acceptors (Lipinski definition) is 3. The van der Waals surface area contributed by atoms with Crippen molar-refractivity contribution in [3.63, 3.8) is 0 Å². The van der Waals surface area contributed by atoms with Crippen molar-refractivity contribution in [1.29, 1.82) is 0 Å². The average molecular weight is 377 g/mol.